The summed E-state index contributed by atoms with van der Waals surface area (Å²) >= 11 is 0. The van der Waals surface area contributed by atoms with Crippen molar-refractivity contribution in [2.45, 2.75) is 13.0 Å². The topological polar surface area (TPSA) is 68.2 Å². The van der Waals surface area contributed by atoms with Crippen LogP contribution in [-0.2, 0) is 11.3 Å². The molecule has 2 aromatic heterocycles. The van der Waals surface area contributed by atoms with Crippen LogP contribution in [0.1, 0.15) is 12.0 Å². The van der Waals surface area contributed by atoms with Crippen LogP contribution in [0.4, 0.5) is 11.4 Å². The molecule has 2 aliphatic rings. The molecule has 7 heteroatoms. The van der Waals surface area contributed by atoms with Gasteiger partial charge < -0.3 is 15.2 Å². The first-order chi connectivity index (χ1) is 16.2. The van der Waals surface area contributed by atoms with Crippen LogP contribution >= 0.6 is 0 Å². The Labute approximate surface area is 191 Å². The third-order valence-electron chi connectivity index (χ3n) is 6.47. The maximum Gasteiger partial charge on any atom is 0.228 e. The Hall–Kier alpha value is -4.15. The number of benzene rings is 2. The van der Waals surface area contributed by atoms with Crippen LogP contribution in [-0.4, -0.2) is 33.1 Å². The lowest BCUT2D eigenvalue weighted by atomic mass is 10.1. The number of hydrogen-bond acceptors (Lipinski definition) is 3. The molecule has 1 unspecified atom stereocenters. The van der Waals surface area contributed by atoms with E-state index in [9.17, 15) is 4.79 Å². The van der Waals surface area contributed by atoms with Crippen molar-refractivity contribution < 1.29 is 4.79 Å². The number of fused-ring (bicyclic) bond motifs is 5. The fourth-order valence-corrected chi connectivity index (χ4v) is 4.73. The summed E-state index contributed by atoms with van der Waals surface area (Å²) in [5.74, 6) is 0.979. The summed E-state index contributed by atoms with van der Waals surface area (Å²) in [6.45, 7) is 9.47. The molecule has 6 rings (SSSR count). The van der Waals surface area contributed by atoms with Gasteiger partial charge in [-0.15, -0.1) is 0 Å². The summed E-state index contributed by atoms with van der Waals surface area (Å²) < 4.78 is 4.31. The first kappa shape index (κ1) is 19.5. The van der Waals surface area contributed by atoms with Gasteiger partial charge in [0.05, 0.1) is 23.9 Å². The minimum Gasteiger partial charge on any atom is -0.340 e. The van der Waals surface area contributed by atoms with Gasteiger partial charge in [-0.3, -0.25) is 9.36 Å². The van der Waals surface area contributed by atoms with Crippen molar-refractivity contribution >= 4 is 17.3 Å². The van der Waals surface area contributed by atoms with Gasteiger partial charge in [0.1, 0.15) is 0 Å². The number of hydrogen-bond donors (Lipinski definition) is 2. The van der Waals surface area contributed by atoms with E-state index in [2.05, 4.69) is 54.0 Å². The second-order valence-electron chi connectivity index (χ2n) is 8.54. The van der Waals surface area contributed by atoms with Gasteiger partial charge in [0.25, 0.3) is 0 Å². The number of anilines is 1. The van der Waals surface area contributed by atoms with Crippen LogP contribution in [0.5, 0.6) is 0 Å². The van der Waals surface area contributed by atoms with Gasteiger partial charge in [-0.05, 0) is 48.4 Å². The molecule has 7 nitrogen and oxygen atoms in total. The Morgan fingerprint density at radius 3 is 2.82 bits per heavy atom. The van der Waals surface area contributed by atoms with E-state index in [1.54, 1.807) is 0 Å². The minimum atomic E-state index is 0.0249. The molecule has 0 bridgehead atoms. The number of nitrogens with one attached hydrogen (secondary N) is 2. The Kier molecular flexibility index (Phi) is 4.60. The molecule has 33 heavy (non-hydrogen) atoms. The molecular formula is C26H22N6O. The van der Waals surface area contributed by atoms with Gasteiger partial charge in [-0.1, -0.05) is 24.3 Å². The number of aromatic nitrogens is 3. The largest absolute Gasteiger partial charge is 0.340 e. The summed E-state index contributed by atoms with van der Waals surface area (Å²) in [5.41, 5.74) is 6.80. The van der Waals surface area contributed by atoms with E-state index in [0.717, 1.165) is 59.1 Å². The zero-order valence-electron chi connectivity index (χ0n) is 18.0. The quantitative estimate of drug-likeness (QED) is 0.412. The van der Waals surface area contributed by atoms with Gasteiger partial charge in [0.2, 0.25) is 5.91 Å². The van der Waals surface area contributed by atoms with E-state index in [0.29, 0.717) is 12.2 Å². The fourth-order valence-electron chi connectivity index (χ4n) is 4.73. The molecule has 2 N–H and O–H groups in total. The third-order valence-corrected chi connectivity index (χ3v) is 6.47. The molecule has 1 saturated heterocycles. The molecule has 0 spiro atoms. The zero-order valence-corrected chi connectivity index (χ0v) is 18.0. The summed E-state index contributed by atoms with van der Waals surface area (Å²) in [6.07, 6.45) is 6.80. The van der Waals surface area contributed by atoms with Gasteiger partial charge in [0, 0.05) is 42.9 Å². The van der Waals surface area contributed by atoms with Crippen LogP contribution in [0.25, 0.3) is 33.2 Å². The molecule has 2 aliphatic heterocycles. The number of amides is 1. The fraction of sp³-hybridized carbons (Fsp3) is 0.192. The Balaban J connectivity index is 1.37. The molecule has 4 heterocycles. The smallest absolute Gasteiger partial charge is 0.228 e. The Morgan fingerprint density at radius 1 is 1.15 bits per heavy atom. The second-order valence-corrected chi connectivity index (χ2v) is 8.54. The lowest BCUT2D eigenvalue weighted by Gasteiger charge is -2.14. The number of nitrogens with zero attached hydrogens (tertiary/aromatic N) is 4. The van der Waals surface area contributed by atoms with Crippen molar-refractivity contribution in [2.24, 2.45) is 5.92 Å². The monoisotopic (exact) mass is 434 g/mol. The van der Waals surface area contributed by atoms with Crippen LogP contribution in [0.2, 0.25) is 0 Å². The first-order valence-electron chi connectivity index (χ1n) is 11.1. The van der Waals surface area contributed by atoms with Crippen molar-refractivity contribution in [3.63, 3.8) is 0 Å². The normalized spacial score (nSPS) is 16.3. The Bertz CT molecular complexity index is 1400. The highest BCUT2D eigenvalue weighted by Crippen LogP contribution is 2.35. The average Bonchev–Trinajstić information content (AvgIpc) is 3.59. The highest BCUT2D eigenvalue weighted by Gasteiger charge is 2.24. The number of carbonyl (C=O) groups excluding carboxylic acids is 1. The first-order valence-corrected chi connectivity index (χ1v) is 11.1. The third kappa shape index (κ3) is 3.41. The number of carbonyl (C=O) groups is 1. The molecule has 1 atom stereocenters. The van der Waals surface area contributed by atoms with Crippen LogP contribution in [0.3, 0.4) is 0 Å². The minimum absolute atomic E-state index is 0.0249. The molecule has 0 radical (unpaired) electrons. The molecule has 0 saturated carbocycles. The number of imidazole rings is 1. The van der Waals surface area contributed by atoms with Gasteiger partial charge in [-0.2, -0.15) is 0 Å². The molecule has 1 amide bonds. The van der Waals surface area contributed by atoms with E-state index in [4.69, 9.17) is 6.57 Å². The molecular weight excluding hydrogens is 412 g/mol. The molecule has 2 aromatic carbocycles. The summed E-state index contributed by atoms with van der Waals surface area (Å²) in [5, 5.41) is 6.35. The maximum atomic E-state index is 12.6. The Morgan fingerprint density at radius 2 is 2.03 bits per heavy atom. The van der Waals surface area contributed by atoms with Crippen molar-refractivity contribution in [2.75, 3.05) is 18.4 Å². The summed E-state index contributed by atoms with van der Waals surface area (Å²) in [4.78, 5) is 20.7. The predicted molar refractivity (Wildman–Crippen MR) is 127 cm³/mol. The highest BCUT2D eigenvalue weighted by molar-refractivity contribution is 5.93. The highest BCUT2D eigenvalue weighted by atomic mass is 16.1. The van der Waals surface area contributed by atoms with E-state index >= 15 is 0 Å². The van der Waals surface area contributed by atoms with Gasteiger partial charge >= 0.3 is 0 Å². The van der Waals surface area contributed by atoms with Crippen LogP contribution in [0, 0.1) is 12.5 Å². The van der Waals surface area contributed by atoms with Crippen molar-refractivity contribution in [3.8, 4) is 28.3 Å². The number of rotatable bonds is 3. The lowest BCUT2D eigenvalue weighted by Crippen LogP contribution is -2.24. The van der Waals surface area contributed by atoms with Crippen LogP contribution in [0.15, 0.2) is 67.1 Å². The van der Waals surface area contributed by atoms with Gasteiger partial charge in [-0.25, -0.2) is 9.83 Å². The van der Waals surface area contributed by atoms with Gasteiger partial charge in [0.15, 0.2) is 11.5 Å². The maximum absolute atomic E-state index is 12.6. The SMILES string of the molecule is [C-]#[N+]c1ccc(-c2cc3n(c2)Cc2cc(NC(=O)C4CCNC4)ccc2-n2ccnc2-3)cc1. The second kappa shape index (κ2) is 7.76. The van der Waals surface area contributed by atoms with E-state index in [1.165, 1.54) is 0 Å². The average molecular weight is 435 g/mol. The standard InChI is InChI=1S/C26H22N6O/c1-27-21-4-2-17(3-5-21)19-13-24-25-29-10-11-32(25)23-7-6-22(12-20(23)16-31(24)15-19)30-26(33)18-8-9-28-14-18/h2-7,10-13,15,18,28H,8-9,14,16H2,(H,30,33). The summed E-state index contributed by atoms with van der Waals surface area (Å²) in [7, 11) is 0. The lowest BCUT2D eigenvalue weighted by molar-refractivity contribution is -0.119. The van der Waals surface area contributed by atoms with E-state index in [1.807, 2.05) is 42.7 Å². The molecule has 4 aromatic rings. The van der Waals surface area contributed by atoms with Crippen molar-refractivity contribution in [1.82, 2.24) is 19.4 Å². The van der Waals surface area contributed by atoms with E-state index < -0.39 is 0 Å². The molecule has 0 aliphatic carbocycles. The zero-order chi connectivity index (χ0) is 22.4. The molecule has 1 fully saturated rings. The summed E-state index contributed by atoms with van der Waals surface area (Å²) in [6, 6.07) is 15.9. The van der Waals surface area contributed by atoms with Crippen molar-refractivity contribution in [3.05, 3.63) is 84.1 Å². The molecule has 162 valence electrons. The predicted octanol–water partition coefficient (Wildman–Crippen LogP) is 4.47. The van der Waals surface area contributed by atoms with E-state index in [-0.39, 0.29) is 11.8 Å². The van der Waals surface area contributed by atoms with Crippen molar-refractivity contribution in [1.29, 1.82) is 0 Å². The van der Waals surface area contributed by atoms with Crippen LogP contribution < -0.4 is 10.6 Å².